The first-order valence-corrected chi connectivity index (χ1v) is 8.46. The van der Waals surface area contributed by atoms with E-state index in [4.69, 9.17) is 0 Å². The zero-order chi connectivity index (χ0) is 17.8. The topological polar surface area (TPSA) is 74.0 Å². The van der Waals surface area contributed by atoms with Crippen molar-refractivity contribution in [2.24, 2.45) is 0 Å². The highest BCUT2D eigenvalue weighted by atomic mass is 79.9. The highest BCUT2D eigenvalue weighted by Gasteiger charge is 2.18. The molecular weight excluding hydrogens is 382 g/mol. The number of aromatic nitrogens is 1. The van der Waals surface area contributed by atoms with Gasteiger partial charge in [-0.3, -0.25) is 9.59 Å². The molecule has 0 saturated heterocycles. The smallest absolute Gasteiger partial charge is 0.273 e. The van der Waals surface area contributed by atoms with Crippen molar-refractivity contribution in [2.45, 2.75) is 0 Å². The van der Waals surface area contributed by atoms with E-state index in [0.29, 0.717) is 28.0 Å². The second kappa shape index (κ2) is 7.36. The molecule has 126 valence electrons. The number of benzene rings is 2. The molecule has 0 aliphatic heterocycles. The number of anilines is 1. The van der Waals surface area contributed by atoms with E-state index in [1.54, 1.807) is 30.3 Å². The normalized spacial score (nSPS) is 10.4. The van der Waals surface area contributed by atoms with Gasteiger partial charge in [0.2, 0.25) is 0 Å². The molecule has 0 radical (unpaired) electrons. The number of halogens is 1. The lowest BCUT2D eigenvalue weighted by atomic mass is 10.1. The van der Waals surface area contributed by atoms with Crippen molar-refractivity contribution in [3.8, 4) is 0 Å². The van der Waals surface area contributed by atoms with Crippen LogP contribution in [0.1, 0.15) is 20.8 Å². The number of para-hydroxylation sites is 2. The number of aromatic amines is 1. The molecular formula is C19H16BrN3O2. The fourth-order valence-electron chi connectivity index (χ4n) is 2.50. The minimum Gasteiger partial charge on any atom is -0.350 e. The largest absolute Gasteiger partial charge is 0.350 e. The van der Waals surface area contributed by atoms with Crippen LogP contribution in [0.25, 0.3) is 10.9 Å². The van der Waals surface area contributed by atoms with Gasteiger partial charge in [-0.05, 0) is 34.1 Å². The molecule has 6 heteroatoms. The molecule has 0 spiro atoms. The number of carbonyl (C=O) groups is 2. The Morgan fingerprint density at radius 3 is 2.56 bits per heavy atom. The Labute approximate surface area is 153 Å². The summed E-state index contributed by atoms with van der Waals surface area (Å²) in [6.07, 6.45) is 1.60. The van der Waals surface area contributed by atoms with Crippen LogP contribution >= 0.6 is 15.9 Å². The third kappa shape index (κ3) is 3.49. The number of carbonyl (C=O) groups excluding carboxylic acids is 2. The maximum Gasteiger partial charge on any atom is 0.273 e. The van der Waals surface area contributed by atoms with Gasteiger partial charge in [-0.15, -0.1) is 6.58 Å². The number of fused-ring (bicyclic) bond motifs is 1. The number of amides is 2. The summed E-state index contributed by atoms with van der Waals surface area (Å²) in [6.45, 7) is 3.93. The van der Waals surface area contributed by atoms with Crippen molar-refractivity contribution in [1.82, 2.24) is 10.3 Å². The van der Waals surface area contributed by atoms with Crippen molar-refractivity contribution < 1.29 is 9.59 Å². The maximum absolute atomic E-state index is 12.7. The molecule has 0 fully saturated rings. The van der Waals surface area contributed by atoms with Crippen LogP contribution < -0.4 is 10.6 Å². The zero-order valence-electron chi connectivity index (χ0n) is 13.3. The van der Waals surface area contributed by atoms with Crippen LogP contribution in [0.5, 0.6) is 0 Å². The average molecular weight is 398 g/mol. The molecule has 0 unspecified atom stereocenters. The Balaban J connectivity index is 1.89. The number of nitrogens with one attached hydrogen (secondary N) is 3. The first-order valence-electron chi connectivity index (χ1n) is 7.67. The summed E-state index contributed by atoms with van der Waals surface area (Å²) in [7, 11) is 0. The minimum atomic E-state index is -0.327. The molecule has 0 aliphatic rings. The third-order valence-corrected chi connectivity index (χ3v) is 4.52. The molecule has 3 aromatic rings. The van der Waals surface area contributed by atoms with Crippen molar-refractivity contribution in [3.05, 3.63) is 76.9 Å². The van der Waals surface area contributed by atoms with Crippen molar-refractivity contribution in [2.75, 3.05) is 11.9 Å². The van der Waals surface area contributed by atoms with E-state index in [1.807, 2.05) is 24.3 Å². The van der Waals surface area contributed by atoms with Crippen LogP contribution in [-0.2, 0) is 0 Å². The average Bonchev–Trinajstić information content (AvgIpc) is 2.97. The highest BCUT2D eigenvalue weighted by molar-refractivity contribution is 9.10. The van der Waals surface area contributed by atoms with Crippen molar-refractivity contribution >= 4 is 44.3 Å². The summed E-state index contributed by atoms with van der Waals surface area (Å²) >= 11 is 3.47. The van der Waals surface area contributed by atoms with Crippen LogP contribution in [0.2, 0.25) is 0 Å². The second-order valence-electron chi connectivity index (χ2n) is 5.36. The highest BCUT2D eigenvalue weighted by Crippen LogP contribution is 2.28. The van der Waals surface area contributed by atoms with Crippen molar-refractivity contribution in [1.29, 1.82) is 0 Å². The summed E-state index contributed by atoms with van der Waals surface area (Å²) in [5.41, 5.74) is 2.10. The van der Waals surface area contributed by atoms with Gasteiger partial charge in [0, 0.05) is 17.4 Å². The van der Waals surface area contributed by atoms with E-state index in [-0.39, 0.29) is 11.8 Å². The molecule has 2 amide bonds. The van der Waals surface area contributed by atoms with E-state index in [9.17, 15) is 9.59 Å². The zero-order valence-corrected chi connectivity index (χ0v) is 14.9. The van der Waals surface area contributed by atoms with E-state index >= 15 is 0 Å². The first-order chi connectivity index (χ1) is 12.1. The van der Waals surface area contributed by atoms with Crippen LogP contribution in [0.3, 0.4) is 0 Å². The maximum atomic E-state index is 12.7. The van der Waals surface area contributed by atoms with Gasteiger partial charge in [0.25, 0.3) is 11.8 Å². The molecule has 5 nitrogen and oxygen atoms in total. The standard InChI is InChI=1S/C19H16BrN3O2/c1-2-11-21-18(24)13-8-4-6-10-15(13)23-19(25)17-16(20)12-7-3-5-9-14(12)22-17/h2-10,22H,1,11H2,(H,21,24)(H,23,25). The van der Waals surface area contributed by atoms with Gasteiger partial charge >= 0.3 is 0 Å². The number of rotatable bonds is 5. The number of hydrogen-bond donors (Lipinski definition) is 3. The lowest BCUT2D eigenvalue weighted by molar-refractivity contribution is 0.0959. The van der Waals surface area contributed by atoms with Gasteiger partial charge in [0.05, 0.1) is 15.7 Å². The second-order valence-corrected chi connectivity index (χ2v) is 6.15. The van der Waals surface area contributed by atoms with Crippen LogP contribution in [0.15, 0.2) is 65.7 Å². The van der Waals surface area contributed by atoms with Crippen molar-refractivity contribution in [3.63, 3.8) is 0 Å². The van der Waals surface area contributed by atoms with E-state index in [1.165, 1.54) is 0 Å². The third-order valence-electron chi connectivity index (χ3n) is 3.70. The quantitative estimate of drug-likeness (QED) is 0.567. The SMILES string of the molecule is C=CCNC(=O)c1ccccc1NC(=O)c1[nH]c2ccccc2c1Br. The molecule has 3 N–H and O–H groups in total. The first kappa shape index (κ1) is 17.0. The van der Waals surface area contributed by atoms with Gasteiger partial charge in [0.15, 0.2) is 0 Å². The Bertz CT molecular complexity index is 962. The van der Waals surface area contributed by atoms with Gasteiger partial charge in [-0.25, -0.2) is 0 Å². The Kier molecular flexibility index (Phi) is 5.00. The fraction of sp³-hybridized carbons (Fsp3) is 0.0526. The monoisotopic (exact) mass is 397 g/mol. The van der Waals surface area contributed by atoms with E-state index in [2.05, 4.69) is 38.1 Å². The molecule has 2 aromatic carbocycles. The molecule has 0 bridgehead atoms. The van der Waals surface area contributed by atoms with Gasteiger partial charge in [0.1, 0.15) is 5.69 Å². The summed E-state index contributed by atoms with van der Waals surface area (Å²) in [4.78, 5) is 28.0. The summed E-state index contributed by atoms with van der Waals surface area (Å²) in [6, 6.07) is 14.5. The predicted octanol–water partition coefficient (Wildman–Crippen LogP) is 4.10. The van der Waals surface area contributed by atoms with Gasteiger partial charge in [-0.2, -0.15) is 0 Å². The van der Waals surface area contributed by atoms with Crippen LogP contribution in [0.4, 0.5) is 5.69 Å². The van der Waals surface area contributed by atoms with E-state index < -0.39 is 0 Å². The molecule has 0 saturated carbocycles. The van der Waals surface area contributed by atoms with Gasteiger partial charge in [-0.1, -0.05) is 36.4 Å². The van der Waals surface area contributed by atoms with Gasteiger partial charge < -0.3 is 15.6 Å². The summed E-state index contributed by atoms with van der Waals surface area (Å²) in [5.74, 6) is -0.599. The molecule has 1 aromatic heterocycles. The fourth-order valence-corrected chi connectivity index (χ4v) is 3.12. The molecule has 0 aliphatic carbocycles. The number of H-pyrrole nitrogens is 1. The van der Waals surface area contributed by atoms with Crippen LogP contribution in [0, 0.1) is 0 Å². The molecule has 3 rings (SSSR count). The van der Waals surface area contributed by atoms with E-state index in [0.717, 1.165) is 10.9 Å². The minimum absolute atomic E-state index is 0.272. The van der Waals surface area contributed by atoms with Crippen LogP contribution in [-0.4, -0.2) is 23.3 Å². The Hall–Kier alpha value is -2.86. The summed E-state index contributed by atoms with van der Waals surface area (Å²) < 4.78 is 0.689. The predicted molar refractivity (Wildman–Crippen MR) is 103 cm³/mol. The molecule has 1 heterocycles. The lowest BCUT2D eigenvalue weighted by Gasteiger charge is -2.10. The summed E-state index contributed by atoms with van der Waals surface area (Å²) in [5, 5.41) is 6.43. The number of hydrogen-bond acceptors (Lipinski definition) is 2. The molecule has 25 heavy (non-hydrogen) atoms. The molecule has 0 atom stereocenters. The Morgan fingerprint density at radius 1 is 1.08 bits per heavy atom. The Morgan fingerprint density at radius 2 is 1.80 bits per heavy atom. The lowest BCUT2D eigenvalue weighted by Crippen LogP contribution is -2.25.